The summed E-state index contributed by atoms with van der Waals surface area (Å²) in [6.45, 7) is 6.96. The summed E-state index contributed by atoms with van der Waals surface area (Å²) in [4.78, 5) is 13.2. The van der Waals surface area contributed by atoms with E-state index < -0.39 is 0 Å². The average Bonchev–Trinajstić information content (AvgIpc) is 2.55. The van der Waals surface area contributed by atoms with Gasteiger partial charge in [-0.25, -0.2) is 0 Å². The van der Waals surface area contributed by atoms with Gasteiger partial charge in [-0.2, -0.15) is 0 Å². The van der Waals surface area contributed by atoms with Crippen molar-refractivity contribution in [2.45, 2.75) is 30.9 Å². The molecule has 2 rings (SSSR count). The van der Waals surface area contributed by atoms with Crippen molar-refractivity contribution in [3.63, 3.8) is 0 Å². The Hall–Kier alpha value is -1.94. The van der Waals surface area contributed by atoms with Crippen LogP contribution < -0.4 is 10.1 Å². The van der Waals surface area contributed by atoms with E-state index in [1.54, 1.807) is 11.8 Å². The predicted molar refractivity (Wildman–Crippen MR) is 96.2 cm³/mol. The molecular formula is C19H23NO2S. The van der Waals surface area contributed by atoms with Crippen LogP contribution in [-0.4, -0.2) is 24.3 Å². The maximum absolute atomic E-state index is 12.1. The summed E-state index contributed by atoms with van der Waals surface area (Å²) in [6, 6.07) is 16.1. The molecule has 1 unspecified atom stereocenters. The van der Waals surface area contributed by atoms with Crippen molar-refractivity contribution >= 4 is 17.7 Å². The minimum Gasteiger partial charge on any atom is -0.491 e. The van der Waals surface area contributed by atoms with Crippen LogP contribution in [0.3, 0.4) is 0 Å². The first-order valence-corrected chi connectivity index (χ1v) is 8.63. The van der Waals surface area contributed by atoms with Crippen LogP contribution in [0.25, 0.3) is 0 Å². The lowest BCUT2D eigenvalue weighted by Gasteiger charge is -2.13. The van der Waals surface area contributed by atoms with Crippen LogP contribution in [0, 0.1) is 13.8 Å². The van der Waals surface area contributed by atoms with Gasteiger partial charge in [0.15, 0.2) is 0 Å². The van der Waals surface area contributed by atoms with Gasteiger partial charge in [-0.1, -0.05) is 35.9 Å². The summed E-state index contributed by atoms with van der Waals surface area (Å²) in [5.74, 6) is 0.896. The number of thioether (sulfide) groups is 1. The fourth-order valence-electron chi connectivity index (χ4n) is 2.07. The van der Waals surface area contributed by atoms with Gasteiger partial charge < -0.3 is 10.1 Å². The number of hydrogen-bond donors (Lipinski definition) is 1. The molecule has 0 aliphatic rings. The normalized spacial score (nSPS) is 11.8. The third-order valence-electron chi connectivity index (χ3n) is 3.46. The molecule has 1 N–H and O–H groups in total. The average molecular weight is 329 g/mol. The van der Waals surface area contributed by atoms with Gasteiger partial charge in [0.25, 0.3) is 0 Å². The molecule has 0 bridgehead atoms. The second kappa shape index (κ2) is 8.63. The highest BCUT2D eigenvalue weighted by Crippen LogP contribution is 2.23. The molecule has 1 amide bonds. The summed E-state index contributed by atoms with van der Waals surface area (Å²) in [5.41, 5.74) is 2.32. The van der Waals surface area contributed by atoms with Crippen molar-refractivity contribution in [1.82, 2.24) is 5.32 Å². The van der Waals surface area contributed by atoms with Crippen LogP contribution in [0.1, 0.15) is 18.1 Å². The Bertz CT molecular complexity index is 640. The van der Waals surface area contributed by atoms with Crippen LogP contribution in [0.4, 0.5) is 0 Å². The molecule has 2 aromatic rings. The van der Waals surface area contributed by atoms with E-state index in [-0.39, 0.29) is 11.2 Å². The van der Waals surface area contributed by atoms with Crippen molar-refractivity contribution in [2.75, 3.05) is 13.2 Å². The number of carbonyl (C=O) groups is 1. The monoisotopic (exact) mass is 329 g/mol. The molecule has 0 saturated carbocycles. The number of para-hydroxylation sites is 1. The van der Waals surface area contributed by atoms with E-state index in [1.807, 2.05) is 50.2 Å². The quantitative estimate of drug-likeness (QED) is 0.617. The fourth-order valence-corrected chi connectivity index (χ4v) is 2.96. The first-order chi connectivity index (χ1) is 11.1. The number of rotatable bonds is 7. The van der Waals surface area contributed by atoms with Gasteiger partial charge in [0, 0.05) is 4.90 Å². The van der Waals surface area contributed by atoms with Crippen LogP contribution in [0.5, 0.6) is 5.75 Å². The number of hydrogen-bond acceptors (Lipinski definition) is 3. The molecule has 0 aliphatic heterocycles. The largest absolute Gasteiger partial charge is 0.491 e. The van der Waals surface area contributed by atoms with Crippen molar-refractivity contribution in [3.05, 3.63) is 59.7 Å². The van der Waals surface area contributed by atoms with E-state index >= 15 is 0 Å². The van der Waals surface area contributed by atoms with Crippen LogP contribution in [0.15, 0.2) is 53.4 Å². The smallest absolute Gasteiger partial charge is 0.233 e. The number of amides is 1. The number of nitrogens with one attached hydrogen (secondary N) is 1. The third kappa shape index (κ3) is 5.64. The molecule has 4 heteroatoms. The molecule has 0 heterocycles. The van der Waals surface area contributed by atoms with Crippen LogP contribution >= 0.6 is 11.8 Å². The molecule has 1 atom stereocenters. The maximum atomic E-state index is 12.1. The van der Waals surface area contributed by atoms with E-state index in [0.29, 0.717) is 13.2 Å². The van der Waals surface area contributed by atoms with Gasteiger partial charge >= 0.3 is 0 Å². The zero-order valence-corrected chi connectivity index (χ0v) is 14.7. The molecule has 0 saturated heterocycles. The Kier molecular flexibility index (Phi) is 6.53. The topological polar surface area (TPSA) is 38.3 Å². The third-order valence-corrected chi connectivity index (χ3v) is 4.57. The van der Waals surface area contributed by atoms with Crippen molar-refractivity contribution in [1.29, 1.82) is 0 Å². The number of ether oxygens (including phenoxy) is 1. The Balaban J connectivity index is 1.72. The highest BCUT2D eigenvalue weighted by Gasteiger charge is 2.13. The number of carbonyl (C=O) groups excluding carboxylic acids is 1. The van der Waals surface area contributed by atoms with Gasteiger partial charge in [0.2, 0.25) is 5.91 Å². The van der Waals surface area contributed by atoms with Gasteiger partial charge in [0.05, 0.1) is 11.8 Å². The summed E-state index contributed by atoms with van der Waals surface area (Å²) in [7, 11) is 0. The lowest BCUT2D eigenvalue weighted by molar-refractivity contribution is -0.120. The van der Waals surface area contributed by atoms with Crippen LogP contribution in [-0.2, 0) is 4.79 Å². The highest BCUT2D eigenvalue weighted by molar-refractivity contribution is 8.00. The summed E-state index contributed by atoms with van der Waals surface area (Å²) in [5, 5.41) is 2.79. The Morgan fingerprint density at radius 1 is 1.13 bits per heavy atom. The van der Waals surface area contributed by atoms with Crippen molar-refractivity contribution in [3.8, 4) is 5.75 Å². The molecule has 0 radical (unpaired) electrons. The molecule has 2 aromatic carbocycles. The molecule has 0 fully saturated rings. The summed E-state index contributed by atoms with van der Waals surface area (Å²) in [6.07, 6.45) is 0. The van der Waals surface area contributed by atoms with Crippen LogP contribution in [0.2, 0.25) is 0 Å². The lowest BCUT2D eigenvalue weighted by Crippen LogP contribution is -2.34. The Morgan fingerprint density at radius 3 is 2.52 bits per heavy atom. The van der Waals surface area contributed by atoms with E-state index in [4.69, 9.17) is 4.74 Å². The zero-order chi connectivity index (χ0) is 16.7. The molecule has 0 aromatic heterocycles. The van der Waals surface area contributed by atoms with Gasteiger partial charge in [-0.05, 0) is 44.5 Å². The Labute approximate surface area is 142 Å². The van der Waals surface area contributed by atoms with Crippen molar-refractivity contribution < 1.29 is 9.53 Å². The SMILES string of the molecule is Cc1ccc(SC(C)C(=O)NCCOc2ccccc2C)cc1. The second-order valence-electron chi connectivity index (χ2n) is 5.48. The van der Waals surface area contributed by atoms with E-state index in [9.17, 15) is 4.79 Å². The standard InChI is InChI=1S/C19H23NO2S/c1-14-8-10-17(11-9-14)23-16(3)19(21)20-12-13-22-18-7-5-4-6-15(18)2/h4-11,16H,12-13H2,1-3H3,(H,20,21). The molecule has 122 valence electrons. The Morgan fingerprint density at radius 2 is 1.83 bits per heavy atom. The highest BCUT2D eigenvalue weighted by atomic mass is 32.2. The molecule has 23 heavy (non-hydrogen) atoms. The van der Waals surface area contributed by atoms with E-state index in [2.05, 4.69) is 24.4 Å². The molecule has 3 nitrogen and oxygen atoms in total. The predicted octanol–water partition coefficient (Wildman–Crippen LogP) is 3.98. The lowest BCUT2D eigenvalue weighted by atomic mass is 10.2. The van der Waals surface area contributed by atoms with E-state index in [0.717, 1.165) is 16.2 Å². The second-order valence-corrected chi connectivity index (χ2v) is 6.89. The molecule has 0 spiro atoms. The molecular weight excluding hydrogens is 306 g/mol. The maximum Gasteiger partial charge on any atom is 0.233 e. The van der Waals surface area contributed by atoms with Gasteiger partial charge in [0.1, 0.15) is 12.4 Å². The summed E-state index contributed by atoms with van der Waals surface area (Å²) < 4.78 is 5.68. The zero-order valence-electron chi connectivity index (χ0n) is 13.8. The first-order valence-electron chi connectivity index (χ1n) is 7.76. The van der Waals surface area contributed by atoms with Crippen molar-refractivity contribution in [2.24, 2.45) is 0 Å². The number of aryl methyl sites for hydroxylation is 2. The minimum absolute atomic E-state index is 0.0314. The fraction of sp³-hybridized carbons (Fsp3) is 0.316. The first kappa shape index (κ1) is 17.4. The van der Waals surface area contributed by atoms with E-state index in [1.165, 1.54) is 5.56 Å². The minimum atomic E-state index is -0.129. The number of benzene rings is 2. The van der Waals surface area contributed by atoms with Gasteiger partial charge in [-0.15, -0.1) is 11.8 Å². The summed E-state index contributed by atoms with van der Waals surface area (Å²) >= 11 is 1.56. The molecule has 0 aliphatic carbocycles. The van der Waals surface area contributed by atoms with Gasteiger partial charge in [-0.3, -0.25) is 4.79 Å².